The fourth-order valence-electron chi connectivity index (χ4n) is 0.986. The van der Waals surface area contributed by atoms with Gasteiger partial charge in [0.2, 0.25) is 0 Å². The van der Waals surface area contributed by atoms with Crippen LogP contribution in [0.5, 0.6) is 5.75 Å². The Hall–Kier alpha value is -1.76. The zero-order valence-electron chi connectivity index (χ0n) is 8.17. The number of amides is 1. The van der Waals surface area contributed by atoms with Gasteiger partial charge in [0.05, 0.1) is 7.11 Å². The van der Waals surface area contributed by atoms with Crippen LogP contribution in [0, 0.1) is 0 Å². The first-order valence-corrected chi connectivity index (χ1v) is 4.11. The van der Waals surface area contributed by atoms with Crippen molar-refractivity contribution in [1.82, 2.24) is 5.48 Å². The zero-order chi connectivity index (χ0) is 12.2. The fourth-order valence-corrected chi connectivity index (χ4v) is 0.986. The highest BCUT2D eigenvalue weighted by atomic mass is 19.4. The molecular weight excluding hydrogens is 227 g/mol. The van der Waals surface area contributed by atoms with Gasteiger partial charge in [0.15, 0.2) is 0 Å². The van der Waals surface area contributed by atoms with E-state index in [4.69, 9.17) is 0 Å². The van der Waals surface area contributed by atoms with Gasteiger partial charge in [-0.15, -0.1) is 13.2 Å². The van der Waals surface area contributed by atoms with Crippen molar-refractivity contribution in [2.24, 2.45) is 0 Å². The van der Waals surface area contributed by atoms with E-state index < -0.39 is 18.0 Å². The van der Waals surface area contributed by atoms with Gasteiger partial charge in [-0.3, -0.25) is 9.63 Å². The molecule has 4 nitrogen and oxygen atoms in total. The maximum atomic E-state index is 11.9. The summed E-state index contributed by atoms with van der Waals surface area (Å²) in [5.74, 6) is -1.12. The molecule has 1 amide bonds. The Morgan fingerprint density at radius 2 is 2.06 bits per heavy atom. The highest BCUT2D eigenvalue weighted by Gasteiger charge is 2.31. The fraction of sp³-hybridized carbons (Fsp3) is 0.222. The van der Waals surface area contributed by atoms with Gasteiger partial charge < -0.3 is 4.74 Å². The van der Waals surface area contributed by atoms with Crippen LogP contribution in [0.15, 0.2) is 24.3 Å². The SMILES string of the molecule is CONC(=O)c1cccc(OC(F)(F)F)c1. The van der Waals surface area contributed by atoms with E-state index in [9.17, 15) is 18.0 Å². The summed E-state index contributed by atoms with van der Waals surface area (Å²) >= 11 is 0. The second-order valence-corrected chi connectivity index (χ2v) is 2.71. The predicted octanol–water partition coefficient (Wildman–Crippen LogP) is 1.88. The van der Waals surface area contributed by atoms with Gasteiger partial charge in [0.25, 0.3) is 5.91 Å². The molecule has 0 radical (unpaired) electrons. The third-order valence-corrected chi connectivity index (χ3v) is 1.52. The molecule has 0 heterocycles. The van der Waals surface area contributed by atoms with Gasteiger partial charge in [-0.1, -0.05) is 6.07 Å². The van der Waals surface area contributed by atoms with Crippen LogP contribution in [0.25, 0.3) is 0 Å². The minimum atomic E-state index is -4.78. The molecule has 7 heteroatoms. The maximum absolute atomic E-state index is 11.9. The summed E-state index contributed by atoms with van der Waals surface area (Å²) in [5, 5.41) is 0. The monoisotopic (exact) mass is 235 g/mol. The molecule has 0 spiro atoms. The van der Waals surface area contributed by atoms with Crippen molar-refractivity contribution in [2.45, 2.75) is 6.36 Å². The molecule has 1 aromatic carbocycles. The topological polar surface area (TPSA) is 47.6 Å². The van der Waals surface area contributed by atoms with E-state index in [1.807, 2.05) is 5.48 Å². The minimum Gasteiger partial charge on any atom is -0.406 e. The van der Waals surface area contributed by atoms with Crippen molar-refractivity contribution in [3.05, 3.63) is 29.8 Å². The van der Waals surface area contributed by atoms with E-state index in [1.54, 1.807) is 0 Å². The molecular formula is C9H8F3NO3. The zero-order valence-corrected chi connectivity index (χ0v) is 8.17. The number of hydrogen-bond donors (Lipinski definition) is 1. The van der Waals surface area contributed by atoms with E-state index in [1.165, 1.54) is 19.2 Å². The summed E-state index contributed by atoms with van der Waals surface area (Å²) in [7, 11) is 1.22. The predicted molar refractivity (Wildman–Crippen MR) is 47.6 cm³/mol. The summed E-state index contributed by atoms with van der Waals surface area (Å²) in [6, 6.07) is 4.65. The smallest absolute Gasteiger partial charge is 0.406 e. The Kier molecular flexibility index (Phi) is 3.73. The summed E-state index contributed by atoms with van der Waals surface area (Å²) in [6.07, 6.45) is -4.78. The van der Waals surface area contributed by atoms with Crippen LogP contribution < -0.4 is 10.2 Å². The number of benzene rings is 1. The van der Waals surface area contributed by atoms with Gasteiger partial charge in [-0.25, -0.2) is 5.48 Å². The second kappa shape index (κ2) is 4.84. The molecule has 0 aliphatic heterocycles. The molecule has 1 N–H and O–H groups in total. The number of alkyl halides is 3. The van der Waals surface area contributed by atoms with Crippen molar-refractivity contribution < 1.29 is 27.5 Å². The quantitative estimate of drug-likeness (QED) is 0.813. The largest absolute Gasteiger partial charge is 0.573 e. The van der Waals surface area contributed by atoms with Crippen LogP contribution >= 0.6 is 0 Å². The van der Waals surface area contributed by atoms with Crippen molar-refractivity contribution in [3.8, 4) is 5.75 Å². The number of nitrogens with one attached hydrogen (secondary N) is 1. The summed E-state index contributed by atoms with van der Waals surface area (Å²) in [6.45, 7) is 0. The molecule has 0 atom stereocenters. The van der Waals surface area contributed by atoms with E-state index in [-0.39, 0.29) is 5.56 Å². The van der Waals surface area contributed by atoms with Gasteiger partial charge in [-0.2, -0.15) is 0 Å². The lowest BCUT2D eigenvalue weighted by molar-refractivity contribution is -0.274. The first-order valence-electron chi connectivity index (χ1n) is 4.11. The Balaban J connectivity index is 2.83. The Morgan fingerprint density at radius 1 is 1.38 bits per heavy atom. The van der Waals surface area contributed by atoms with Crippen LogP contribution in [-0.2, 0) is 4.84 Å². The van der Waals surface area contributed by atoms with Crippen molar-refractivity contribution in [1.29, 1.82) is 0 Å². The molecule has 0 saturated carbocycles. The number of hydrogen-bond acceptors (Lipinski definition) is 3. The first kappa shape index (κ1) is 12.3. The normalized spacial score (nSPS) is 11.0. The highest BCUT2D eigenvalue weighted by molar-refractivity contribution is 5.93. The molecule has 0 bridgehead atoms. The van der Waals surface area contributed by atoms with Crippen LogP contribution in [-0.4, -0.2) is 19.4 Å². The molecule has 1 rings (SSSR count). The number of carbonyl (C=O) groups excluding carboxylic acids is 1. The van der Waals surface area contributed by atoms with E-state index in [0.29, 0.717) is 0 Å². The maximum Gasteiger partial charge on any atom is 0.573 e. The first-order chi connectivity index (χ1) is 7.42. The van der Waals surface area contributed by atoms with Gasteiger partial charge >= 0.3 is 6.36 Å². The highest BCUT2D eigenvalue weighted by Crippen LogP contribution is 2.23. The van der Waals surface area contributed by atoms with Crippen molar-refractivity contribution >= 4 is 5.91 Å². The van der Waals surface area contributed by atoms with E-state index in [2.05, 4.69) is 9.57 Å². The second-order valence-electron chi connectivity index (χ2n) is 2.71. The number of ether oxygens (including phenoxy) is 1. The van der Waals surface area contributed by atoms with Crippen molar-refractivity contribution in [2.75, 3.05) is 7.11 Å². The molecule has 1 aromatic rings. The molecule has 0 saturated heterocycles. The average Bonchev–Trinajstić information content (AvgIpc) is 2.16. The molecule has 0 aromatic heterocycles. The number of halogens is 3. The number of hydroxylamine groups is 1. The molecule has 0 unspecified atom stereocenters. The van der Waals surface area contributed by atoms with Crippen LogP contribution in [0.2, 0.25) is 0 Å². The van der Waals surface area contributed by atoms with E-state index >= 15 is 0 Å². The van der Waals surface area contributed by atoms with Crippen LogP contribution in [0.3, 0.4) is 0 Å². The lowest BCUT2D eigenvalue weighted by atomic mass is 10.2. The Morgan fingerprint density at radius 3 is 2.62 bits per heavy atom. The Bertz CT molecular complexity index is 379. The average molecular weight is 235 g/mol. The molecule has 0 aliphatic rings. The summed E-state index contributed by atoms with van der Waals surface area (Å²) in [4.78, 5) is 15.5. The van der Waals surface area contributed by atoms with Gasteiger partial charge in [-0.05, 0) is 18.2 Å². The van der Waals surface area contributed by atoms with Gasteiger partial charge in [0, 0.05) is 5.56 Å². The molecule has 88 valence electrons. The molecule has 0 aliphatic carbocycles. The third kappa shape index (κ3) is 3.77. The third-order valence-electron chi connectivity index (χ3n) is 1.52. The number of carbonyl (C=O) groups is 1. The van der Waals surface area contributed by atoms with Gasteiger partial charge in [0.1, 0.15) is 5.75 Å². The van der Waals surface area contributed by atoms with Crippen LogP contribution in [0.4, 0.5) is 13.2 Å². The molecule has 0 fully saturated rings. The Labute approximate surface area is 88.9 Å². The standard InChI is InChI=1S/C9H8F3NO3/c1-15-13-8(14)6-3-2-4-7(5-6)16-9(10,11)12/h2-5H,1H3,(H,13,14). The summed E-state index contributed by atoms with van der Waals surface area (Å²) in [5.41, 5.74) is 1.98. The lowest BCUT2D eigenvalue weighted by Crippen LogP contribution is -2.22. The lowest BCUT2D eigenvalue weighted by Gasteiger charge is -2.09. The van der Waals surface area contributed by atoms with E-state index in [0.717, 1.165) is 12.1 Å². The molecule has 16 heavy (non-hydrogen) atoms. The number of rotatable bonds is 3. The summed E-state index contributed by atoms with van der Waals surface area (Å²) < 4.78 is 39.3. The van der Waals surface area contributed by atoms with Crippen molar-refractivity contribution in [3.63, 3.8) is 0 Å². The minimum absolute atomic E-state index is 0.00333. The van der Waals surface area contributed by atoms with Crippen LogP contribution in [0.1, 0.15) is 10.4 Å².